The third-order valence-corrected chi connectivity index (χ3v) is 17.3. The predicted molar refractivity (Wildman–Crippen MR) is 272 cm³/mol. The third kappa shape index (κ3) is 7.62. The second kappa shape index (κ2) is 16.7. The van der Waals surface area contributed by atoms with Crippen molar-refractivity contribution in [2.75, 3.05) is 0 Å². The fourth-order valence-corrected chi connectivity index (χ4v) is 15.6. The number of hydrogen-bond acceptors (Lipinski definition) is 0. The number of fused-ring (bicyclic) bond motifs is 1. The van der Waals surface area contributed by atoms with E-state index < -0.39 is 0 Å². The second-order valence-electron chi connectivity index (χ2n) is 21.3. The van der Waals surface area contributed by atoms with Gasteiger partial charge in [0.25, 0.3) is 0 Å². The highest BCUT2D eigenvalue weighted by Crippen LogP contribution is 2.73. The first-order valence-electron chi connectivity index (χ1n) is 24.8. The highest BCUT2D eigenvalue weighted by molar-refractivity contribution is 5.77. The molecule has 6 aromatic rings. The van der Waals surface area contributed by atoms with Crippen LogP contribution in [0.25, 0.3) is 48.6 Å². The van der Waals surface area contributed by atoms with Gasteiger partial charge in [0.05, 0.1) is 0 Å². The predicted octanol–water partition coefficient (Wildman–Crippen LogP) is 16.5. The number of rotatable bonds is 11. The highest BCUT2D eigenvalue weighted by atomic mass is 14.7. The summed E-state index contributed by atoms with van der Waals surface area (Å²) < 4.78 is 0. The van der Waals surface area contributed by atoms with Gasteiger partial charge in [-0.05, 0) is 190 Å². The fourth-order valence-electron chi connectivity index (χ4n) is 15.6. The molecule has 0 N–H and O–H groups in total. The number of benzene rings is 6. The third-order valence-electron chi connectivity index (χ3n) is 17.3. The first-order chi connectivity index (χ1) is 31.5. The molecule has 0 saturated heterocycles. The summed E-state index contributed by atoms with van der Waals surface area (Å²) in [5.41, 5.74) is 14.1. The highest BCUT2D eigenvalue weighted by Gasteiger charge is 2.67. The quantitative estimate of drug-likeness (QED) is 0.114. The minimum atomic E-state index is 0.203. The molecule has 8 aliphatic rings. The van der Waals surface area contributed by atoms with E-state index in [1.807, 2.05) is 0 Å². The summed E-state index contributed by atoms with van der Waals surface area (Å²) >= 11 is 0. The Labute approximate surface area is 382 Å². The van der Waals surface area contributed by atoms with Crippen molar-refractivity contribution in [2.45, 2.75) is 75.0 Å². The molecule has 0 aliphatic heterocycles. The maximum atomic E-state index is 2.67. The Kier molecular flexibility index (Phi) is 10.4. The van der Waals surface area contributed by atoms with Gasteiger partial charge in [0.1, 0.15) is 0 Å². The van der Waals surface area contributed by atoms with Gasteiger partial charge in [0.2, 0.25) is 0 Å². The molecule has 8 bridgehead atoms. The Balaban J connectivity index is 1.01. The minimum absolute atomic E-state index is 0.203. The van der Waals surface area contributed by atoms with E-state index in [2.05, 4.69) is 206 Å². The Bertz CT molecular complexity index is 2360. The zero-order valence-electron chi connectivity index (χ0n) is 37.3. The fraction of sp³-hybridized carbons (Fsp3) is 0.312. The van der Waals surface area contributed by atoms with E-state index in [1.165, 1.54) is 109 Å². The van der Waals surface area contributed by atoms with Crippen LogP contribution in [0.1, 0.15) is 120 Å². The van der Waals surface area contributed by atoms with E-state index in [0.717, 1.165) is 35.5 Å². The molecule has 14 rings (SSSR count). The molecule has 64 heavy (non-hydrogen) atoms. The van der Waals surface area contributed by atoms with Crippen LogP contribution in [-0.2, 0) is 10.8 Å². The van der Waals surface area contributed by atoms with Gasteiger partial charge in [0, 0.05) is 0 Å². The molecule has 0 radical (unpaired) electrons. The molecular weight excluding hydrogens is 769 g/mol. The topological polar surface area (TPSA) is 0 Å². The summed E-state index contributed by atoms with van der Waals surface area (Å²) in [6, 6.07) is 59.1. The summed E-state index contributed by atoms with van der Waals surface area (Å²) in [6.45, 7) is 0. The average molecular weight is 831 g/mol. The lowest BCUT2D eigenvalue weighted by Crippen LogP contribution is -2.65. The van der Waals surface area contributed by atoms with Crippen LogP contribution in [0.15, 0.2) is 158 Å². The van der Waals surface area contributed by atoms with E-state index in [1.54, 1.807) is 11.1 Å². The zero-order valence-corrected chi connectivity index (χ0v) is 37.3. The van der Waals surface area contributed by atoms with Gasteiger partial charge in [-0.3, -0.25) is 0 Å². The molecule has 6 aromatic carbocycles. The Morgan fingerprint density at radius 3 is 0.797 bits per heavy atom. The lowest BCUT2D eigenvalue weighted by molar-refractivity contribution is -0.163. The van der Waals surface area contributed by atoms with Crippen LogP contribution >= 0.6 is 0 Å². The monoisotopic (exact) mass is 830 g/mol. The summed E-state index contributed by atoms with van der Waals surface area (Å²) in [5, 5.41) is 0. The Morgan fingerprint density at radius 2 is 0.531 bits per heavy atom. The summed E-state index contributed by atoms with van der Waals surface area (Å²) in [6.07, 6.45) is 33.1. The molecule has 318 valence electrons. The van der Waals surface area contributed by atoms with Crippen LogP contribution in [0.3, 0.4) is 0 Å². The first kappa shape index (κ1) is 39.8. The molecule has 8 saturated carbocycles. The molecule has 0 amide bonds. The summed E-state index contributed by atoms with van der Waals surface area (Å²) in [5.74, 6) is 6.47. The van der Waals surface area contributed by atoms with Gasteiger partial charge < -0.3 is 0 Å². The summed E-state index contributed by atoms with van der Waals surface area (Å²) in [4.78, 5) is 0. The number of hydrogen-bond donors (Lipinski definition) is 0. The van der Waals surface area contributed by atoms with E-state index >= 15 is 0 Å². The van der Waals surface area contributed by atoms with Crippen LogP contribution in [0.4, 0.5) is 0 Å². The Morgan fingerprint density at radius 1 is 0.281 bits per heavy atom. The van der Waals surface area contributed by atoms with Crippen molar-refractivity contribution in [3.05, 3.63) is 213 Å². The van der Waals surface area contributed by atoms with Crippen LogP contribution in [0.2, 0.25) is 0 Å². The zero-order chi connectivity index (χ0) is 42.5. The Hall–Kier alpha value is -5.72. The van der Waals surface area contributed by atoms with Crippen molar-refractivity contribution in [1.29, 1.82) is 0 Å². The van der Waals surface area contributed by atoms with E-state index in [9.17, 15) is 0 Å². The van der Waals surface area contributed by atoms with Gasteiger partial charge in [-0.15, -0.1) is 0 Å². The van der Waals surface area contributed by atoms with E-state index in [0.29, 0.717) is 11.8 Å². The smallest absolute Gasteiger partial charge is 0.000735 e. The molecule has 0 spiro atoms. The molecule has 0 nitrogen and oxygen atoms in total. The summed E-state index contributed by atoms with van der Waals surface area (Å²) in [7, 11) is 0. The first-order valence-corrected chi connectivity index (χ1v) is 24.8. The van der Waals surface area contributed by atoms with E-state index in [4.69, 9.17) is 0 Å². The SMILES string of the molecule is C(=C\c1cc(/C=C/c2ccccc2)cc(C23CC4CC(CC(C4)C2C2C4CC5CC(C4)CC2(c2cc(/C=C/c4ccccc4)cc(/C=C/c4ccccc4)c2)C5)C3)c1)/c1ccccc1. The van der Waals surface area contributed by atoms with Gasteiger partial charge in [0.15, 0.2) is 0 Å². The average Bonchev–Trinajstić information content (AvgIpc) is 3.33. The van der Waals surface area contributed by atoms with Crippen molar-refractivity contribution in [3.63, 3.8) is 0 Å². The van der Waals surface area contributed by atoms with Crippen molar-refractivity contribution in [1.82, 2.24) is 0 Å². The van der Waals surface area contributed by atoms with Crippen LogP contribution in [0, 0.1) is 47.3 Å². The van der Waals surface area contributed by atoms with Gasteiger partial charge in [-0.1, -0.05) is 194 Å². The van der Waals surface area contributed by atoms with Gasteiger partial charge in [-0.25, -0.2) is 0 Å². The molecule has 6 unspecified atom stereocenters. The largest absolute Gasteiger partial charge is 0.0622 e. The van der Waals surface area contributed by atoms with Gasteiger partial charge >= 0.3 is 0 Å². The normalized spacial score (nSPS) is 31.3. The lowest BCUT2D eigenvalue weighted by Gasteiger charge is -2.71. The lowest BCUT2D eigenvalue weighted by atomic mass is 9.33. The maximum absolute atomic E-state index is 2.67. The van der Waals surface area contributed by atoms with Crippen molar-refractivity contribution in [3.8, 4) is 0 Å². The van der Waals surface area contributed by atoms with Crippen LogP contribution in [0.5, 0.6) is 0 Å². The molecule has 6 atom stereocenters. The maximum Gasteiger partial charge on any atom is -0.000735 e. The van der Waals surface area contributed by atoms with Crippen molar-refractivity contribution < 1.29 is 0 Å². The molecule has 0 heteroatoms. The molecule has 8 aliphatic carbocycles. The molecule has 0 heterocycles. The van der Waals surface area contributed by atoms with Crippen molar-refractivity contribution in [2.24, 2.45) is 47.3 Å². The van der Waals surface area contributed by atoms with Crippen LogP contribution in [-0.4, -0.2) is 0 Å². The van der Waals surface area contributed by atoms with E-state index in [-0.39, 0.29) is 10.8 Å². The molecule has 8 fully saturated rings. The molecule has 0 aromatic heterocycles. The van der Waals surface area contributed by atoms with Crippen LogP contribution < -0.4 is 0 Å². The molecular formula is C64H62. The van der Waals surface area contributed by atoms with Gasteiger partial charge in [-0.2, -0.15) is 0 Å². The van der Waals surface area contributed by atoms with Crippen molar-refractivity contribution >= 4 is 48.6 Å². The second-order valence-corrected chi connectivity index (χ2v) is 21.3. The minimum Gasteiger partial charge on any atom is -0.0622 e. The standard InChI is InChI=1S/C64H62/c1-5-13-45(14-6-1)21-25-49-29-50(26-22-46-15-7-2-8-16-46)38-59(37-49)63-41-53-31-54(42-63)34-57(33-53)61(63)62-58-35-55-32-56(36-58)44-64(62,43-55)60-39-51(27-23-47-17-9-3-10-18-47)30-52(40-60)28-24-48-19-11-4-12-20-48/h1-30,37-40,53-58,61-62H,31-36,41-44H2/b25-21+,26-22+,27-23+,28-24+.